The van der Waals surface area contributed by atoms with E-state index in [2.05, 4.69) is 18.7 Å². The van der Waals surface area contributed by atoms with Gasteiger partial charge in [0, 0.05) is 25.2 Å². The fourth-order valence-corrected chi connectivity index (χ4v) is 2.88. The van der Waals surface area contributed by atoms with E-state index in [1.807, 2.05) is 0 Å². The Bertz CT molecular complexity index is 161. The van der Waals surface area contributed by atoms with Crippen molar-refractivity contribution in [2.45, 2.75) is 38.8 Å². The van der Waals surface area contributed by atoms with Crippen LogP contribution < -0.4 is 5.73 Å². The van der Waals surface area contributed by atoms with E-state index in [4.69, 9.17) is 5.73 Å². The van der Waals surface area contributed by atoms with Crippen molar-refractivity contribution in [1.29, 1.82) is 0 Å². The van der Waals surface area contributed by atoms with Crippen LogP contribution in [0.4, 0.5) is 0 Å². The van der Waals surface area contributed by atoms with Crippen molar-refractivity contribution in [2.24, 2.45) is 17.6 Å². The van der Waals surface area contributed by atoms with Gasteiger partial charge in [-0.2, -0.15) is 0 Å². The SMILES string of the molecule is CC(C)N1CC2CC(C2)C1CN. The smallest absolute Gasteiger partial charge is 0.0249 e. The van der Waals surface area contributed by atoms with Crippen LogP contribution >= 0.6 is 0 Å². The summed E-state index contributed by atoms with van der Waals surface area (Å²) in [6.45, 7) is 6.73. The first-order valence-electron chi connectivity index (χ1n) is 5.18. The molecule has 1 saturated carbocycles. The summed E-state index contributed by atoms with van der Waals surface area (Å²) >= 11 is 0. The van der Waals surface area contributed by atoms with Crippen LogP contribution in [0.15, 0.2) is 0 Å². The van der Waals surface area contributed by atoms with E-state index < -0.39 is 0 Å². The minimum atomic E-state index is 0.684. The third-order valence-electron chi connectivity index (χ3n) is 3.62. The van der Waals surface area contributed by atoms with Crippen molar-refractivity contribution >= 4 is 0 Å². The Morgan fingerprint density at radius 2 is 2.08 bits per heavy atom. The highest BCUT2D eigenvalue weighted by molar-refractivity contribution is 4.98. The lowest BCUT2D eigenvalue weighted by atomic mass is 9.66. The van der Waals surface area contributed by atoms with Crippen LogP contribution in [0.2, 0.25) is 0 Å². The Balaban J connectivity index is 2.03. The van der Waals surface area contributed by atoms with Gasteiger partial charge in [-0.25, -0.2) is 0 Å². The first-order chi connectivity index (χ1) is 5.72. The predicted octanol–water partition coefficient (Wildman–Crippen LogP) is 1.06. The zero-order valence-corrected chi connectivity index (χ0v) is 8.16. The van der Waals surface area contributed by atoms with Crippen molar-refractivity contribution < 1.29 is 0 Å². The van der Waals surface area contributed by atoms with Gasteiger partial charge in [-0.1, -0.05) is 0 Å². The molecule has 0 radical (unpaired) electrons. The number of hydrogen-bond acceptors (Lipinski definition) is 2. The molecule has 2 bridgehead atoms. The molecule has 0 aromatic heterocycles. The van der Waals surface area contributed by atoms with Crippen molar-refractivity contribution in [1.82, 2.24) is 4.90 Å². The molecule has 3 fully saturated rings. The van der Waals surface area contributed by atoms with Crippen LogP contribution in [0.3, 0.4) is 0 Å². The summed E-state index contributed by atoms with van der Waals surface area (Å²) in [6, 6.07) is 1.37. The molecule has 2 saturated heterocycles. The normalized spacial score (nSPS) is 41.5. The first kappa shape index (κ1) is 8.52. The molecule has 0 amide bonds. The fraction of sp³-hybridized carbons (Fsp3) is 1.00. The standard InChI is InChI=1S/C10H20N2/c1-7(2)12-6-8-3-9(4-8)10(12)5-11/h7-10H,3-6,11H2,1-2H3. The Kier molecular flexibility index (Phi) is 2.13. The van der Waals surface area contributed by atoms with Crippen LogP contribution in [0.1, 0.15) is 26.7 Å². The monoisotopic (exact) mass is 168 g/mol. The topological polar surface area (TPSA) is 29.3 Å². The molecule has 0 spiro atoms. The summed E-state index contributed by atoms with van der Waals surface area (Å²) in [6.07, 6.45) is 2.90. The lowest BCUT2D eigenvalue weighted by Crippen LogP contribution is -2.60. The van der Waals surface area contributed by atoms with Crippen molar-refractivity contribution in [3.05, 3.63) is 0 Å². The second-order valence-corrected chi connectivity index (χ2v) is 4.69. The van der Waals surface area contributed by atoms with E-state index in [0.29, 0.717) is 12.1 Å². The molecule has 1 unspecified atom stereocenters. The number of nitrogens with zero attached hydrogens (tertiary/aromatic N) is 1. The predicted molar refractivity (Wildman–Crippen MR) is 50.9 cm³/mol. The number of fused-ring (bicyclic) bond motifs is 2. The molecule has 0 aromatic rings. The van der Waals surface area contributed by atoms with Crippen LogP contribution in [0.25, 0.3) is 0 Å². The van der Waals surface area contributed by atoms with Gasteiger partial charge in [0.25, 0.3) is 0 Å². The molecule has 3 aliphatic rings. The summed E-state index contributed by atoms with van der Waals surface area (Å²) < 4.78 is 0. The molecular weight excluding hydrogens is 148 g/mol. The van der Waals surface area contributed by atoms with Crippen LogP contribution in [0, 0.1) is 11.8 Å². The highest BCUT2D eigenvalue weighted by atomic mass is 15.2. The maximum atomic E-state index is 5.80. The number of nitrogens with two attached hydrogens (primary N) is 1. The van der Waals surface area contributed by atoms with Crippen LogP contribution in [-0.2, 0) is 0 Å². The van der Waals surface area contributed by atoms with Crippen LogP contribution in [0.5, 0.6) is 0 Å². The van der Waals surface area contributed by atoms with Gasteiger partial charge in [0.2, 0.25) is 0 Å². The van der Waals surface area contributed by atoms with Gasteiger partial charge in [0.15, 0.2) is 0 Å². The molecule has 1 aliphatic carbocycles. The highest BCUT2D eigenvalue weighted by Gasteiger charge is 2.44. The van der Waals surface area contributed by atoms with Crippen molar-refractivity contribution in [3.63, 3.8) is 0 Å². The maximum Gasteiger partial charge on any atom is 0.0249 e. The van der Waals surface area contributed by atoms with E-state index >= 15 is 0 Å². The molecule has 2 heterocycles. The zero-order valence-electron chi connectivity index (χ0n) is 8.16. The van der Waals surface area contributed by atoms with Gasteiger partial charge in [0.1, 0.15) is 0 Å². The molecule has 3 rings (SSSR count). The maximum absolute atomic E-state index is 5.80. The molecule has 2 aliphatic heterocycles. The molecule has 70 valence electrons. The summed E-state index contributed by atoms with van der Waals surface area (Å²) in [5, 5.41) is 0. The van der Waals surface area contributed by atoms with Gasteiger partial charge in [-0.15, -0.1) is 0 Å². The van der Waals surface area contributed by atoms with E-state index in [-0.39, 0.29) is 0 Å². The van der Waals surface area contributed by atoms with E-state index in [0.717, 1.165) is 18.4 Å². The van der Waals surface area contributed by atoms with Gasteiger partial charge < -0.3 is 5.73 Å². The zero-order chi connectivity index (χ0) is 8.72. The van der Waals surface area contributed by atoms with Gasteiger partial charge >= 0.3 is 0 Å². The Morgan fingerprint density at radius 3 is 2.50 bits per heavy atom. The second-order valence-electron chi connectivity index (χ2n) is 4.69. The molecule has 12 heavy (non-hydrogen) atoms. The number of piperidine rings is 2. The molecule has 2 nitrogen and oxygen atoms in total. The molecule has 2 N–H and O–H groups in total. The first-order valence-corrected chi connectivity index (χ1v) is 5.18. The summed E-state index contributed by atoms with van der Waals surface area (Å²) in [7, 11) is 0. The molecule has 0 aromatic carbocycles. The summed E-state index contributed by atoms with van der Waals surface area (Å²) in [5.74, 6) is 1.93. The van der Waals surface area contributed by atoms with Crippen LogP contribution in [-0.4, -0.2) is 30.1 Å². The largest absolute Gasteiger partial charge is 0.329 e. The van der Waals surface area contributed by atoms with E-state index in [1.54, 1.807) is 0 Å². The van der Waals surface area contributed by atoms with Gasteiger partial charge in [0.05, 0.1) is 0 Å². The Labute approximate surface area is 75.1 Å². The quantitative estimate of drug-likeness (QED) is 0.668. The lowest BCUT2D eigenvalue weighted by molar-refractivity contribution is -0.0426. The number of hydrogen-bond donors (Lipinski definition) is 1. The Hall–Kier alpha value is -0.0800. The molecular formula is C10H20N2. The average Bonchev–Trinajstić information content (AvgIpc) is 2.01. The third kappa shape index (κ3) is 1.17. The second kappa shape index (κ2) is 3.00. The van der Waals surface area contributed by atoms with Gasteiger partial charge in [-0.3, -0.25) is 4.90 Å². The minimum Gasteiger partial charge on any atom is -0.329 e. The number of rotatable bonds is 2. The van der Waals surface area contributed by atoms with Crippen molar-refractivity contribution in [3.8, 4) is 0 Å². The summed E-state index contributed by atoms with van der Waals surface area (Å²) in [5.41, 5.74) is 5.80. The fourth-order valence-electron chi connectivity index (χ4n) is 2.88. The molecule has 1 atom stereocenters. The van der Waals surface area contributed by atoms with E-state index in [1.165, 1.54) is 19.4 Å². The molecule has 2 heteroatoms. The third-order valence-corrected chi connectivity index (χ3v) is 3.62. The summed E-state index contributed by atoms with van der Waals surface area (Å²) in [4.78, 5) is 2.60. The lowest BCUT2D eigenvalue weighted by Gasteiger charge is -2.54. The van der Waals surface area contributed by atoms with E-state index in [9.17, 15) is 0 Å². The highest BCUT2D eigenvalue weighted by Crippen LogP contribution is 2.43. The minimum absolute atomic E-state index is 0.684. The van der Waals surface area contributed by atoms with Crippen molar-refractivity contribution in [2.75, 3.05) is 13.1 Å². The Morgan fingerprint density at radius 1 is 1.42 bits per heavy atom. The van der Waals surface area contributed by atoms with Gasteiger partial charge in [-0.05, 0) is 38.5 Å². The average molecular weight is 168 g/mol.